The highest BCUT2D eigenvalue weighted by atomic mass is 15.2. The third-order valence-corrected chi connectivity index (χ3v) is 2.52. The summed E-state index contributed by atoms with van der Waals surface area (Å²) in [5, 5.41) is 13.3. The van der Waals surface area contributed by atoms with Crippen molar-refractivity contribution in [2.75, 3.05) is 5.73 Å². The van der Waals surface area contributed by atoms with Crippen LogP contribution in [0.5, 0.6) is 0 Å². The number of aromatic nitrogens is 2. The number of rotatable bonds is 1. The number of nitrogens with two attached hydrogens (primary N) is 1. The Kier molecular flexibility index (Phi) is 2.37. The number of hydrogen-bond donors (Lipinski definition) is 1. The van der Waals surface area contributed by atoms with E-state index in [1.54, 1.807) is 10.7 Å². The zero-order valence-corrected chi connectivity index (χ0v) is 9.23. The van der Waals surface area contributed by atoms with E-state index in [0.29, 0.717) is 11.3 Å². The maximum Gasteiger partial charge on any atom is 0.0999 e. The van der Waals surface area contributed by atoms with Crippen LogP contribution in [0.15, 0.2) is 24.4 Å². The van der Waals surface area contributed by atoms with Crippen molar-refractivity contribution in [3.63, 3.8) is 0 Å². The van der Waals surface area contributed by atoms with Gasteiger partial charge in [0, 0.05) is 24.5 Å². The number of nitrogens with zero attached hydrogens (tertiary/aromatic N) is 3. The summed E-state index contributed by atoms with van der Waals surface area (Å²) < 4.78 is 1.71. The first-order chi connectivity index (χ1) is 7.61. The van der Waals surface area contributed by atoms with Crippen molar-refractivity contribution in [2.24, 2.45) is 7.05 Å². The molecule has 0 radical (unpaired) electrons. The van der Waals surface area contributed by atoms with E-state index in [2.05, 4.69) is 11.2 Å². The van der Waals surface area contributed by atoms with Gasteiger partial charge in [0.1, 0.15) is 0 Å². The largest absolute Gasteiger partial charge is 0.398 e. The predicted octanol–water partition coefficient (Wildman–Crippen LogP) is 1.85. The molecule has 0 aliphatic rings. The smallest absolute Gasteiger partial charge is 0.0999 e. The Morgan fingerprint density at radius 3 is 2.75 bits per heavy atom. The summed E-state index contributed by atoms with van der Waals surface area (Å²) in [6, 6.07) is 7.62. The van der Waals surface area contributed by atoms with Crippen LogP contribution in [0.3, 0.4) is 0 Å². The molecule has 0 bridgehead atoms. The van der Waals surface area contributed by atoms with Crippen molar-refractivity contribution >= 4 is 5.69 Å². The van der Waals surface area contributed by atoms with Crippen LogP contribution in [0.2, 0.25) is 0 Å². The lowest BCUT2D eigenvalue weighted by atomic mass is 10.0. The van der Waals surface area contributed by atoms with Gasteiger partial charge in [0.25, 0.3) is 0 Å². The Labute approximate surface area is 93.9 Å². The summed E-state index contributed by atoms with van der Waals surface area (Å²) in [5.74, 6) is 0. The van der Waals surface area contributed by atoms with Crippen LogP contribution in [-0.4, -0.2) is 9.78 Å². The molecule has 1 aromatic carbocycles. The molecule has 0 unspecified atom stereocenters. The summed E-state index contributed by atoms with van der Waals surface area (Å²) in [4.78, 5) is 0. The molecule has 1 heterocycles. The van der Waals surface area contributed by atoms with Crippen molar-refractivity contribution in [2.45, 2.75) is 6.92 Å². The predicted molar refractivity (Wildman–Crippen MR) is 62.5 cm³/mol. The number of nitrogen functional groups attached to an aromatic ring is 1. The minimum Gasteiger partial charge on any atom is -0.398 e. The molecule has 0 aliphatic carbocycles. The van der Waals surface area contributed by atoms with E-state index >= 15 is 0 Å². The maximum atomic E-state index is 9.06. The second-order valence-electron chi connectivity index (χ2n) is 3.74. The van der Waals surface area contributed by atoms with Crippen molar-refractivity contribution in [3.8, 4) is 17.3 Å². The fourth-order valence-corrected chi connectivity index (χ4v) is 1.59. The van der Waals surface area contributed by atoms with Crippen LogP contribution in [-0.2, 0) is 7.05 Å². The molecule has 16 heavy (non-hydrogen) atoms. The maximum absolute atomic E-state index is 9.06. The van der Waals surface area contributed by atoms with E-state index in [1.165, 1.54) is 0 Å². The fraction of sp³-hybridized carbons (Fsp3) is 0.167. The Morgan fingerprint density at radius 1 is 1.44 bits per heavy atom. The van der Waals surface area contributed by atoms with Crippen LogP contribution in [0.4, 0.5) is 5.69 Å². The number of aryl methyl sites for hydroxylation is 2. The molecule has 0 spiro atoms. The molecule has 0 fully saturated rings. The molecule has 0 amide bonds. The number of benzene rings is 1. The van der Waals surface area contributed by atoms with Gasteiger partial charge >= 0.3 is 0 Å². The summed E-state index contributed by atoms with van der Waals surface area (Å²) in [6.45, 7) is 1.92. The first kappa shape index (κ1) is 10.2. The highest BCUT2D eigenvalue weighted by Crippen LogP contribution is 2.26. The molecule has 4 nitrogen and oxygen atoms in total. The first-order valence-corrected chi connectivity index (χ1v) is 4.92. The third-order valence-electron chi connectivity index (χ3n) is 2.52. The standard InChI is InChI=1S/C12H12N4/c1-8-5-10(9(7-13)6-11(8)14)12-3-4-16(2)15-12/h3-6H,14H2,1-2H3. The topological polar surface area (TPSA) is 67.6 Å². The second kappa shape index (κ2) is 3.70. The van der Waals surface area contributed by atoms with Gasteiger partial charge < -0.3 is 5.73 Å². The van der Waals surface area contributed by atoms with Crippen molar-refractivity contribution in [1.82, 2.24) is 9.78 Å². The van der Waals surface area contributed by atoms with E-state index in [4.69, 9.17) is 11.0 Å². The molecule has 0 saturated heterocycles. The van der Waals surface area contributed by atoms with E-state index < -0.39 is 0 Å². The average molecular weight is 212 g/mol. The lowest BCUT2D eigenvalue weighted by Gasteiger charge is -2.05. The Balaban J connectivity index is 2.65. The zero-order valence-electron chi connectivity index (χ0n) is 9.23. The second-order valence-corrected chi connectivity index (χ2v) is 3.74. The molecule has 2 N–H and O–H groups in total. The lowest BCUT2D eigenvalue weighted by Crippen LogP contribution is -1.95. The zero-order chi connectivity index (χ0) is 11.7. The minimum absolute atomic E-state index is 0.557. The van der Waals surface area contributed by atoms with Gasteiger partial charge in [-0.1, -0.05) is 0 Å². The van der Waals surface area contributed by atoms with E-state index in [-0.39, 0.29) is 0 Å². The van der Waals surface area contributed by atoms with Gasteiger partial charge in [-0.2, -0.15) is 10.4 Å². The van der Waals surface area contributed by atoms with E-state index in [1.807, 2.05) is 32.3 Å². The van der Waals surface area contributed by atoms with E-state index in [9.17, 15) is 0 Å². The molecule has 80 valence electrons. The quantitative estimate of drug-likeness (QED) is 0.733. The average Bonchev–Trinajstić information content (AvgIpc) is 2.68. The highest BCUT2D eigenvalue weighted by Gasteiger charge is 2.09. The number of anilines is 1. The van der Waals surface area contributed by atoms with Crippen LogP contribution in [0, 0.1) is 18.3 Å². The first-order valence-electron chi connectivity index (χ1n) is 4.92. The molecule has 0 atom stereocenters. The molecule has 4 heteroatoms. The molecule has 0 aliphatic heterocycles. The Hall–Kier alpha value is -2.28. The van der Waals surface area contributed by atoms with Gasteiger partial charge in [0.15, 0.2) is 0 Å². The monoisotopic (exact) mass is 212 g/mol. The van der Waals surface area contributed by atoms with Gasteiger partial charge in [-0.3, -0.25) is 4.68 Å². The molecule has 1 aromatic heterocycles. The van der Waals surface area contributed by atoms with Crippen LogP contribution in [0.25, 0.3) is 11.3 Å². The van der Waals surface area contributed by atoms with Gasteiger partial charge in [-0.15, -0.1) is 0 Å². The lowest BCUT2D eigenvalue weighted by molar-refractivity contribution is 0.771. The normalized spacial score (nSPS) is 10.1. The third kappa shape index (κ3) is 1.63. The van der Waals surface area contributed by atoms with Crippen molar-refractivity contribution < 1.29 is 0 Å². The van der Waals surface area contributed by atoms with Gasteiger partial charge in [-0.05, 0) is 30.7 Å². The molecule has 0 saturated carbocycles. The van der Waals surface area contributed by atoms with Crippen LogP contribution < -0.4 is 5.73 Å². The van der Waals surface area contributed by atoms with Gasteiger partial charge in [0.05, 0.1) is 17.3 Å². The van der Waals surface area contributed by atoms with Crippen molar-refractivity contribution in [3.05, 3.63) is 35.5 Å². The fourth-order valence-electron chi connectivity index (χ4n) is 1.59. The summed E-state index contributed by atoms with van der Waals surface area (Å²) >= 11 is 0. The Morgan fingerprint density at radius 2 is 2.19 bits per heavy atom. The van der Waals surface area contributed by atoms with E-state index in [0.717, 1.165) is 16.8 Å². The number of nitriles is 1. The summed E-state index contributed by atoms with van der Waals surface area (Å²) in [6.07, 6.45) is 1.85. The van der Waals surface area contributed by atoms with Gasteiger partial charge in [0.2, 0.25) is 0 Å². The highest BCUT2D eigenvalue weighted by molar-refractivity contribution is 5.72. The van der Waals surface area contributed by atoms with Crippen LogP contribution >= 0.6 is 0 Å². The molecule has 2 rings (SSSR count). The molecular weight excluding hydrogens is 200 g/mol. The Bertz CT molecular complexity index is 575. The summed E-state index contributed by atoms with van der Waals surface area (Å²) in [7, 11) is 1.85. The molecular formula is C12H12N4. The van der Waals surface area contributed by atoms with Crippen molar-refractivity contribution in [1.29, 1.82) is 5.26 Å². The molecule has 2 aromatic rings. The summed E-state index contributed by atoms with van der Waals surface area (Å²) in [5.41, 5.74) is 9.54. The van der Waals surface area contributed by atoms with Crippen LogP contribution in [0.1, 0.15) is 11.1 Å². The minimum atomic E-state index is 0.557. The van der Waals surface area contributed by atoms with Gasteiger partial charge in [-0.25, -0.2) is 0 Å². The SMILES string of the molecule is Cc1cc(-c2ccn(C)n2)c(C#N)cc1N. The number of hydrogen-bond acceptors (Lipinski definition) is 3.